The van der Waals surface area contributed by atoms with Crippen molar-refractivity contribution in [2.24, 2.45) is 5.92 Å². The van der Waals surface area contributed by atoms with Gasteiger partial charge in [0.1, 0.15) is 11.6 Å². The monoisotopic (exact) mass is 385 g/mol. The first-order valence-electron chi connectivity index (χ1n) is 9.27. The fraction of sp³-hybridized carbons (Fsp3) is 0.304. The van der Waals surface area contributed by atoms with Crippen LogP contribution >= 0.6 is 0 Å². The molecule has 3 nitrogen and oxygen atoms in total. The third kappa shape index (κ3) is 6.41. The molecule has 0 radical (unpaired) electrons. The maximum atomic E-state index is 13.6. The van der Waals surface area contributed by atoms with Gasteiger partial charge in [0.25, 0.3) is 0 Å². The molecule has 1 N–H and O–H groups in total. The van der Waals surface area contributed by atoms with Gasteiger partial charge >= 0.3 is 5.97 Å². The molecule has 0 heterocycles. The van der Waals surface area contributed by atoms with Gasteiger partial charge in [-0.05, 0) is 72.3 Å². The Morgan fingerprint density at radius 2 is 1.93 bits per heavy atom. The lowest BCUT2D eigenvalue weighted by Gasteiger charge is -2.16. The van der Waals surface area contributed by atoms with E-state index in [9.17, 15) is 13.6 Å². The highest BCUT2D eigenvalue weighted by Crippen LogP contribution is 2.26. The lowest BCUT2D eigenvalue weighted by Crippen LogP contribution is -2.09. The molecule has 0 spiro atoms. The Morgan fingerprint density at radius 1 is 1.21 bits per heavy atom. The summed E-state index contributed by atoms with van der Waals surface area (Å²) in [5.41, 5.74) is 2.62. The van der Waals surface area contributed by atoms with E-state index in [1.54, 1.807) is 30.4 Å². The summed E-state index contributed by atoms with van der Waals surface area (Å²) in [4.78, 5) is 11.4. The van der Waals surface area contributed by atoms with Crippen LogP contribution in [0.3, 0.4) is 0 Å². The first-order valence-corrected chi connectivity index (χ1v) is 9.27. The minimum absolute atomic E-state index is 0.0638. The number of nitrogens with one attached hydrogen (secondary N) is 1. The number of hydrogen-bond donors (Lipinski definition) is 1. The summed E-state index contributed by atoms with van der Waals surface area (Å²) in [7, 11) is 1.35. The fourth-order valence-corrected chi connectivity index (χ4v) is 3.00. The highest BCUT2D eigenvalue weighted by molar-refractivity contribution is 6.10. The van der Waals surface area contributed by atoms with Crippen molar-refractivity contribution >= 4 is 17.3 Å². The van der Waals surface area contributed by atoms with Crippen LogP contribution in [0.25, 0.3) is 5.57 Å². The predicted octanol–water partition coefficient (Wildman–Crippen LogP) is 5.95. The van der Waals surface area contributed by atoms with Gasteiger partial charge in [0.15, 0.2) is 0 Å². The van der Waals surface area contributed by atoms with Crippen molar-refractivity contribution in [1.29, 1.82) is 5.41 Å². The second kappa shape index (κ2) is 10.5. The number of carbonyl (C=O) groups is 1. The van der Waals surface area contributed by atoms with Gasteiger partial charge in [-0.15, -0.1) is 0 Å². The van der Waals surface area contributed by atoms with E-state index in [2.05, 4.69) is 4.74 Å². The van der Waals surface area contributed by atoms with Crippen molar-refractivity contribution in [3.63, 3.8) is 0 Å². The van der Waals surface area contributed by atoms with Crippen LogP contribution in [0.1, 0.15) is 38.2 Å². The minimum Gasteiger partial charge on any atom is -0.469 e. The van der Waals surface area contributed by atoms with Gasteiger partial charge in [-0.1, -0.05) is 31.2 Å². The molecule has 0 saturated carbocycles. The Morgan fingerprint density at radius 3 is 2.61 bits per heavy atom. The summed E-state index contributed by atoms with van der Waals surface area (Å²) < 4.78 is 31.6. The van der Waals surface area contributed by atoms with Gasteiger partial charge in [-0.2, -0.15) is 0 Å². The van der Waals surface area contributed by atoms with E-state index in [4.69, 9.17) is 5.41 Å². The SMILES string of the molecule is COC(=O)CCCC(=CC(=N)C1=CC=C(F)C=CCC1C)c1ccc(F)cc1. The molecule has 0 amide bonds. The third-order valence-electron chi connectivity index (χ3n) is 4.62. The molecular formula is C23H25F2NO2. The number of allylic oxidation sites excluding steroid dienone is 8. The Kier molecular flexibility index (Phi) is 8.05. The summed E-state index contributed by atoms with van der Waals surface area (Å²) in [5, 5.41) is 8.54. The number of esters is 1. The Hall–Kier alpha value is -2.82. The summed E-state index contributed by atoms with van der Waals surface area (Å²) in [6.45, 7) is 1.99. The van der Waals surface area contributed by atoms with Crippen LogP contribution in [0.2, 0.25) is 0 Å². The van der Waals surface area contributed by atoms with E-state index >= 15 is 0 Å². The largest absolute Gasteiger partial charge is 0.469 e. The Balaban J connectivity index is 2.29. The number of ether oxygens (including phenoxy) is 1. The molecule has 148 valence electrons. The highest BCUT2D eigenvalue weighted by atomic mass is 19.1. The lowest BCUT2D eigenvalue weighted by molar-refractivity contribution is -0.140. The van der Waals surface area contributed by atoms with Crippen molar-refractivity contribution in [3.8, 4) is 0 Å². The molecule has 1 aromatic carbocycles. The van der Waals surface area contributed by atoms with Crippen LogP contribution in [0, 0.1) is 17.1 Å². The Bertz CT molecular complexity index is 833. The van der Waals surface area contributed by atoms with Gasteiger partial charge < -0.3 is 10.1 Å². The van der Waals surface area contributed by atoms with Gasteiger partial charge in [-0.25, -0.2) is 8.78 Å². The molecule has 1 atom stereocenters. The molecule has 0 fully saturated rings. The lowest BCUT2D eigenvalue weighted by atomic mass is 9.89. The van der Waals surface area contributed by atoms with Crippen molar-refractivity contribution in [1.82, 2.24) is 0 Å². The van der Waals surface area contributed by atoms with E-state index in [1.165, 1.54) is 31.4 Å². The van der Waals surface area contributed by atoms with Crippen LogP contribution in [-0.2, 0) is 9.53 Å². The number of methoxy groups -OCH3 is 1. The zero-order valence-electron chi connectivity index (χ0n) is 16.2. The molecule has 0 aliphatic heterocycles. The molecule has 1 aromatic rings. The highest BCUT2D eigenvalue weighted by Gasteiger charge is 2.14. The molecule has 5 heteroatoms. The summed E-state index contributed by atoms with van der Waals surface area (Å²) in [5.74, 6) is -0.916. The normalized spacial score (nSPS) is 17.3. The summed E-state index contributed by atoms with van der Waals surface area (Å²) >= 11 is 0. The van der Waals surface area contributed by atoms with Crippen LogP contribution in [0.5, 0.6) is 0 Å². The van der Waals surface area contributed by atoms with E-state index in [-0.39, 0.29) is 35.7 Å². The van der Waals surface area contributed by atoms with E-state index in [0.29, 0.717) is 19.3 Å². The average Bonchev–Trinajstić information content (AvgIpc) is 2.66. The zero-order chi connectivity index (χ0) is 20.5. The molecule has 1 aliphatic rings. The molecule has 1 aliphatic carbocycles. The van der Waals surface area contributed by atoms with Crippen molar-refractivity contribution in [2.75, 3.05) is 7.11 Å². The summed E-state index contributed by atoms with van der Waals surface area (Å²) in [6.07, 6.45) is 9.90. The number of hydrogen-bond acceptors (Lipinski definition) is 3. The second-order valence-electron chi connectivity index (χ2n) is 6.73. The molecule has 2 rings (SSSR count). The fourth-order valence-electron chi connectivity index (χ4n) is 3.00. The first kappa shape index (κ1) is 21.5. The van der Waals surface area contributed by atoms with Crippen molar-refractivity contribution < 1.29 is 18.3 Å². The van der Waals surface area contributed by atoms with Gasteiger partial charge in [0.2, 0.25) is 0 Å². The minimum atomic E-state index is -0.349. The maximum absolute atomic E-state index is 13.6. The molecule has 0 saturated heterocycles. The Labute approximate surface area is 164 Å². The first-order chi connectivity index (χ1) is 13.4. The molecular weight excluding hydrogens is 360 g/mol. The topological polar surface area (TPSA) is 50.2 Å². The smallest absolute Gasteiger partial charge is 0.305 e. The average molecular weight is 385 g/mol. The van der Waals surface area contributed by atoms with Crippen LogP contribution in [0.4, 0.5) is 8.78 Å². The number of rotatable bonds is 7. The molecule has 1 unspecified atom stereocenters. The van der Waals surface area contributed by atoms with Gasteiger partial charge in [0.05, 0.1) is 12.8 Å². The standard InChI is InChI=1S/C23H25F2NO2/c1-16-5-3-7-19(24)13-14-21(16)22(26)15-18(6-4-8-23(27)28-2)17-9-11-20(25)12-10-17/h3,7,9-16,26H,4-6,8H2,1-2H3. The number of benzene rings is 1. The van der Waals surface area contributed by atoms with Gasteiger partial charge in [0, 0.05) is 6.42 Å². The number of carbonyl (C=O) groups excluding carboxylic acids is 1. The zero-order valence-corrected chi connectivity index (χ0v) is 16.2. The second-order valence-corrected chi connectivity index (χ2v) is 6.73. The van der Waals surface area contributed by atoms with Crippen LogP contribution in [0.15, 0.2) is 66.0 Å². The van der Waals surface area contributed by atoms with E-state index in [1.807, 2.05) is 6.92 Å². The summed E-state index contributed by atoms with van der Waals surface area (Å²) in [6, 6.07) is 6.05. The van der Waals surface area contributed by atoms with Crippen molar-refractivity contribution in [2.45, 2.75) is 32.6 Å². The van der Waals surface area contributed by atoms with Gasteiger partial charge in [-0.3, -0.25) is 4.79 Å². The molecule has 0 aromatic heterocycles. The van der Waals surface area contributed by atoms with E-state index in [0.717, 1.165) is 16.7 Å². The molecule has 0 bridgehead atoms. The quantitative estimate of drug-likeness (QED) is 0.466. The van der Waals surface area contributed by atoms with E-state index < -0.39 is 0 Å². The van der Waals surface area contributed by atoms with Crippen molar-refractivity contribution in [3.05, 3.63) is 77.4 Å². The number of halogens is 2. The van der Waals surface area contributed by atoms with Crippen LogP contribution < -0.4 is 0 Å². The maximum Gasteiger partial charge on any atom is 0.305 e. The molecule has 28 heavy (non-hydrogen) atoms. The third-order valence-corrected chi connectivity index (χ3v) is 4.62. The van der Waals surface area contributed by atoms with Crippen LogP contribution in [-0.4, -0.2) is 18.8 Å². The predicted molar refractivity (Wildman–Crippen MR) is 108 cm³/mol.